The number of nitrogens with zero attached hydrogens (tertiary/aromatic N) is 2. The standard InChI is InChI=1S/C15H18ClN3O2/c1-21-13-12-9(6-11(16)18-13)2-3-10(12)19-7-15(8-19)4-5-17-14(15)20/h6,10H,2-5,7-8H2,1H3,(H,17,20). The molecule has 1 unspecified atom stereocenters. The van der Waals surface area contributed by atoms with E-state index in [1.807, 2.05) is 6.07 Å². The summed E-state index contributed by atoms with van der Waals surface area (Å²) in [7, 11) is 1.64. The van der Waals surface area contributed by atoms with Crippen LogP contribution >= 0.6 is 11.6 Å². The third-order valence-corrected chi connectivity index (χ3v) is 5.31. The molecule has 1 aliphatic carbocycles. The molecule has 2 fully saturated rings. The molecule has 6 heteroatoms. The van der Waals surface area contributed by atoms with Gasteiger partial charge in [-0.1, -0.05) is 11.6 Å². The normalized spacial score (nSPS) is 26.6. The van der Waals surface area contributed by atoms with Gasteiger partial charge in [0.25, 0.3) is 0 Å². The first-order valence-corrected chi connectivity index (χ1v) is 7.76. The smallest absolute Gasteiger partial charge is 0.228 e. The number of hydrogen-bond acceptors (Lipinski definition) is 4. The number of likely N-dealkylation sites (tertiary alicyclic amines) is 1. The predicted octanol–water partition coefficient (Wildman–Crippen LogP) is 1.55. The molecular formula is C15H18ClN3O2. The molecule has 4 rings (SSSR count). The zero-order valence-electron chi connectivity index (χ0n) is 12.0. The lowest BCUT2D eigenvalue weighted by atomic mass is 9.77. The van der Waals surface area contributed by atoms with Crippen LogP contribution in [-0.2, 0) is 11.2 Å². The van der Waals surface area contributed by atoms with Crippen LogP contribution in [0.25, 0.3) is 0 Å². The number of aryl methyl sites for hydroxylation is 1. The highest BCUT2D eigenvalue weighted by Gasteiger charge is 2.54. The number of methoxy groups -OCH3 is 1. The first kappa shape index (κ1) is 13.3. The molecule has 1 amide bonds. The molecule has 3 aliphatic rings. The Hall–Kier alpha value is -1.33. The number of rotatable bonds is 2. The molecule has 1 atom stereocenters. The minimum Gasteiger partial charge on any atom is -0.481 e. The van der Waals surface area contributed by atoms with Gasteiger partial charge >= 0.3 is 0 Å². The van der Waals surface area contributed by atoms with Crippen LogP contribution in [0.3, 0.4) is 0 Å². The van der Waals surface area contributed by atoms with Crippen LogP contribution in [0.1, 0.15) is 30.0 Å². The van der Waals surface area contributed by atoms with Crippen LogP contribution in [0.5, 0.6) is 5.88 Å². The number of amides is 1. The molecule has 3 heterocycles. The number of ether oxygens (including phenoxy) is 1. The average molecular weight is 308 g/mol. The van der Waals surface area contributed by atoms with Crippen molar-refractivity contribution in [2.24, 2.45) is 5.41 Å². The number of carbonyl (C=O) groups is 1. The maximum atomic E-state index is 12.0. The Morgan fingerprint density at radius 3 is 3.00 bits per heavy atom. The summed E-state index contributed by atoms with van der Waals surface area (Å²) < 4.78 is 5.42. The van der Waals surface area contributed by atoms with Gasteiger partial charge in [0.15, 0.2) is 0 Å². The molecule has 5 nitrogen and oxygen atoms in total. The van der Waals surface area contributed by atoms with Gasteiger partial charge < -0.3 is 10.1 Å². The fourth-order valence-corrected chi connectivity index (χ4v) is 4.25. The largest absolute Gasteiger partial charge is 0.481 e. The highest BCUT2D eigenvalue weighted by Crippen LogP contribution is 2.48. The molecule has 0 bridgehead atoms. The molecule has 0 saturated carbocycles. The monoisotopic (exact) mass is 307 g/mol. The molecule has 21 heavy (non-hydrogen) atoms. The van der Waals surface area contributed by atoms with E-state index >= 15 is 0 Å². The van der Waals surface area contributed by atoms with Crippen molar-refractivity contribution in [2.75, 3.05) is 26.7 Å². The summed E-state index contributed by atoms with van der Waals surface area (Å²) in [5.41, 5.74) is 2.25. The van der Waals surface area contributed by atoms with Gasteiger partial charge in [-0.15, -0.1) is 0 Å². The van der Waals surface area contributed by atoms with E-state index in [1.165, 1.54) is 5.56 Å². The van der Waals surface area contributed by atoms with Gasteiger partial charge in [-0.2, -0.15) is 0 Å². The second-order valence-electron chi connectivity index (χ2n) is 6.27. The summed E-state index contributed by atoms with van der Waals surface area (Å²) in [4.78, 5) is 18.6. The van der Waals surface area contributed by atoms with Crippen molar-refractivity contribution in [3.63, 3.8) is 0 Å². The van der Waals surface area contributed by atoms with Crippen LogP contribution in [0.15, 0.2) is 6.07 Å². The molecule has 2 saturated heterocycles. The van der Waals surface area contributed by atoms with Gasteiger partial charge in [-0.3, -0.25) is 9.69 Å². The molecule has 2 aliphatic heterocycles. The van der Waals surface area contributed by atoms with E-state index < -0.39 is 0 Å². The summed E-state index contributed by atoms with van der Waals surface area (Å²) in [5.74, 6) is 0.856. The van der Waals surface area contributed by atoms with Crippen molar-refractivity contribution in [3.05, 3.63) is 22.3 Å². The van der Waals surface area contributed by atoms with Crippen LogP contribution in [0.4, 0.5) is 0 Å². The lowest BCUT2D eigenvalue weighted by Gasteiger charge is -2.49. The SMILES string of the molecule is COc1nc(Cl)cc2c1C(N1CC3(CCNC3=O)C1)CC2. The highest BCUT2D eigenvalue weighted by molar-refractivity contribution is 6.29. The van der Waals surface area contributed by atoms with Crippen molar-refractivity contribution in [1.82, 2.24) is 15.2 Å². The molecule has 0 radical (unpaired) electrons. The quantitative estimate of drug-likeness (QED) is 0.842. The molecule has 1 aromatic rings. The Kier molecular flexibility index (Phi) is 2.91. The van der Waals surface area contributed by atoms with Gasteiger partial charge in [0.1, 0.15) is 5.15 Å². The van der Waals surface area contributed by atoms with Crippen molar-refractivity contribution >= 4 is 17.5 Å². The molecule has 112 valence electrons. The van der Waals surface area contributed by atoms with Crippen LogP contribution < -0.4 is 10.1 Å². The number of hydrogen-bond donors (Lipinski definition) is 1. The number of nitrogens with one attached hydrogen (secondary N) is 1. The molecule has 1 aromatic heterocycles. The van der Waals surface area contributed by atoms with E-state index in [4.69, 9.17) is 16.3 Å². The zero-order chi connectivity index (χ0) is 14.6. The number of aromatic nitrogens is 1. The highest BCUT2D eigenvalue weighted by atomic mass is 35.5. The van der Waals surface area contributed by atoms with Gasteiger partial charge in [0.05, 0.1) is 12.5 Å². The average Bonchev–Trinajstić information content (AvgIpc) is 2.99. The third kappa shape index (κ3) is 1.87. The van der Waals surface area contributed by atoms with E-state index in [9.17, 15) is 4.79 Å². The summed E-state index contributed by atoms with van der Waals surface area (Å²) in [6.45, 7) is 2.50. The number of pyridine rings is 1. The van der Waals surface area contributed by atoms with Gasteiger partial charge in [-0.25, -0.2) is 4.98 Å². The fourth-order valence-electron chi connectivity index (χ4n) is 4.04. The van der Waals surface area contributed by atoms with Crippen molar-refractivity contribution in [3.8, 4) is 5.88 Å². The Morgan fingerprint density at radius 1 is 1.52 bits per heavy atom. The summed E-state index contributed by atoms with van der Waals surface area (Å²) in [6, 6.07) is 2.25. The van der Waals surface area contributed by atoms with Gasteiger partial charge in [0.2, 0.25) is 11.8 Å². The van der Waals surface area contributed by atoms with Crippen LogP contribution in [0, 0.1) is 5.41 Å². The lowest BCUT2D eigenvalue weighted by molar-refractivity contribution is -0.139. The Morgan fingerprint density at radius 2 is 2.33 bits per heavy atom. The topological polar surface area (TPSA) is 54.5 Å². The third-order valence-electron chi connectivity index (χ3n) is 5.11. The molecular weight excluding hydrogens is 290 g/mol. The maximum Gasteiger partial charge on any atom is 0.228 e. The Labute approximate surface area is 128 Å². The van der Waals surface area contributed by atoms with E-state index in [2.05, 4.69) is 15.2 Å². The second kappa shape index (κ2) is 4.58. The van der Waals surface area contributed by atoms with Crippen LogP contribution in [0.2, 0.25) is 5.15 Å². The zero-order valence-corrected chi connectivity index (χ0v) is 12.7. The Balaban J connectivity index is 1.60. The molecule has 0 aromatic carbocycles. The van der Waals surface area contributed by atoms with E-state index in [1.54, 1.807) is 7.11 Å². The van der Waals surface area contributed by atoms with Crippen LogP contribution in [-0.4, -0.2) is 42.5 Å². The summed E-state index contributed by atoms with van der Waals surface area (Å²) in [6.07, 6.45) is 3.00. The minimum atomic E-state index is -0.143. The van der Waals surface area contributed by atoms with Crippen molar-refractivity contribution < 1.29 is 9.53 Å². The van der Waals surface area contributed by atoms with Gasteiger partial charge in [-0.05, 0) is 30.9 Å². The first-order chi connectivity index (χ1) is 10.1. The summed E-state index contributed by atoms with van der Waals surface area (Å²) in [5, 5.41) is 3.44. The minimum absolute atomic E-state index is 0.143. The van der Waals surface area contributed by atoms with Crippen molar-refractivity contribution in [1.29, 1.82) is 0 Å². The van der Waals surface area contributed by atoms with Crippen molar-refractivity contribution in [2.45, 2.75) is 25.3 Å². The summed E-state index contributed by atoms with van der Waals surface area (Å²) >= 11 is 6.04. The maximum absolute atomic E-state index is 12.0. The number of carbonyl (C=O) groups excluding carboxylic acids is 1. The Bertz CT molecular complexity index is 613. The lowest BCUT2D eigenvalue weighted by Crippen LogP contribution is -2.60. The molecule has 1 spiro atoms. The van der Waals surface area contributed by atoms with E-state index in [0.717, 1.165) is 44.5 Å². The predicted molar refractivity (Wildman–Crippen MR) is 78.5 cm³/mol. The van der Waals surface area contributed by atoms with Gasteiger partial charge in [0, 0.05) is 31.2 Å². The number of halogens is 1. The van der Waals surface area contributed by atoms with E-state index in [0.29, 0.717) is 17.1 Å². The fraction of sp³-hybridized carbons (Fsp3) is 0.600. The number of fused-ring (bicyclic) bond motifs is 1. The second-order valence-corrected chi connectivity index (χ2v) is 6.66. The van der Waals surface area contributed by atoms with E-state index in [-0.39, 0.29) is 11.3 Å². The molecule has 1 N–H and O–H groups in total. The first-order valence-electron chi connectivity index (χ1n) is 7.39.